The number of aliphatic hydroxyl groups excluding tert-OH is 1. The smallest absolute Gasteiger partial charge is 0.0991 e. The van der Waals surface area contributed by atoms with Crippen LogP contribution in [0, 0.1) is 18.3 Å². The maximum Gasteiger partial charge on any atom is 0.0991 e. The lowest BCUT2D eigenvalue weighted by molar-refractivity contribution is 0.288. The van der Waals surface area contributed by atoms with Gasteiger partial charge in [-0.25, -0.2) is 0 Å². The molecule has 3 nitrogen and oxygen atoms in total. The predicted molar refractivity (Wildman–Crippen MR) is 70.1 cm³/mol. The number of benzene rings is 1. The van der Waals surface area contributed by atoms with Crippen LogP contribution in [-0.4, -0.2) is 24.3 Å². The maximum absolute atomic E-state index is 8.93. The molecule has 0 radical (unpaired) electrons. The van der Waals surface area contributed by atoms with E-state index in [1.54, 1.807) is 0 Å². The van der Waals surface area contributed by atoms with Gasteiger partial charge in [-0.1, -0.05) is 0 Å². The van der Waals surface area contributed by atoms with Crippen molar-refractivity contribution in [3.63, 3.8) is 0 Å². The van der Waals surface area contributed by atoms with Gasteiger partial charge in [0.1, 0.15) is 0 Å². The highest BCUT2D eigenvalue weighted by atomic mass is 16.3. The molecule has 0 bridgehead atoms. The number of hydrogen-bond donors (Lipinski definition) is 1. The first kappa shape index (κ1) is 13.5. The molecule has 92 valence electrons. The van der Waals surface area contributed by atoms with Crippen LogP contribution in [0.15, 0.2) is 18.2 Å². The minimum atomic E-state index is 0.207. The van der Waals surface area contributed by atoms with Crippen LogP contribution in [0.4, 0.5) is 5.69 Å². The van der Waals surface area contributed by atoms with Crippen molar-refractivity contribution in [1.82, 2.24) is 0 Å². The van der Waals surface area contributed by atoms with Crippen LogP contribution in [0.5, 0.6) is 0 Å². The number of rotatable bonds is 5. The third-order valence-electron chi connectivity index (χ3n) is 2.82. The normalized spacial score (nSPS) is 10.4. The standard InChI is InChI=1S/C14H20N2O/c1-11(2)16(7-4-8-17)14-6-5-13(10-15)9-12(14)3/h5-6,9,11,17H,4,7-8H2,1-3H3. The van der Waals surface area contributed by atoms with Crippen molar-refractivity contribution in [3.05, 3.63) is 29.3 Å². The highest BCUT2D eigenvalue weighted by Gasteiger charge is 2.12. The fourth-order valence-corrected chi connectivity index (χ4v) is 1.95. The van der Waals surface area contributed by atoms with Gasteiger partial charge in [0.25, 0.3) is 0 Å². The topological polar surface area (TPSA) is 47.3 Å². The molecule has 0 spiro atoms. The Balaban J connectivity index is 2.98. The number of aliphatic hydroxyl groups is 1. The van der Waals surface area contributed by atoms with Gasteiger partial charge < -0.3 is 10.0 Å². The van der Waals surface area contributed by atoms with Crippen molar-refractivity contribution < 1.29 is 5.11 Å². The van der Waals surface area contributed by atoms with E-state index in [0.717, 1.165) is 24.2 Å². The SMILES string of the molecule is Cc1cc(C#N)ccc1N(CCCO)C(C)C. The van der Waals surface area contributed by atoms with Gasteiger partial charge in [-0.05, 0) is 51.0 Å². The number of nitriles is 1. The number of anilines is 1. The molecule has 3 heteroatoms. The third kappa shape index (κ3) is 3.47. The first-order valence-corrected chi connectivity index (χ1v) is 5.98. The van der Waals surface area contributed by atoms with Crippen LogP contribution in [-0.2, 0) is 0 Å². The maximum atomic E-state index is 8.93. The molecule has 0 aliphatic carbocycles. The fourth-order valence-electron chi connectivity index (χ4n) is 1.95. The molecular weight excluding hydrogens is 212 g/mol. The number of hydrogen-bond acceptors (Lipinski definition) is 3. The third-order valence-corrected chi connectivity index (χ3v) is 2.82. The summed E-state index contributed by atoms with van der Waals surface area (Å²) in [6.45, 7) is 7.33. The lowest BCUT2D eigenvalue weighted by Crippen LogP contribution is -2.32. The van der Waals surface area contributed by atoms with E-state index in [1.165, 1.54) is 0 Å². The molecule has 0 atom stereocenters. The van der Waals surface area contributed by atoms with Gasteiger partial charge in [-0.2, -0.15) is 5.26 Å². The van der Waals surface area contributed by atoms with Gasteiger partial charge in [0.2, 0.25) is 0 Å². The van der Waals surface area contributed by atoms with Crippen molar-refractivity contribution >= 4 is 5.69 Å². The monoisotopic (exact) mass is 232 g/mol. The average Bonchev–Trinajstić information content (AvgIpc) is 2.30. The second kappa shape index (κ2) is 6.27. The Morgan fingerprint density at radius 1 is 1.41 bits per heavy atom. The first-order chi connectivity index (χ1) is 8.10. The second-order valence-corrected chi connectivity index (χ2v) is 4.48. The largest absolute Gasteiger partial charge is 0.396 e. The van der Waals surface area contributed by atoms with Crippen LogP contribution in [0.3, 0.4) is 0 Å². The van der Waals surface area contributed by atoms with E-state index in [0.29, 0.717) is 11.6 Å². The fraction of sp³-hybridized carbons (Fsp3) is 0.500. The molecule has 17 heavy (non-hydrogen) atoms. The van der Waals surface area contributed by atoms with Crippen molar-refractivity contribution in [3.8, 4) is 6.07 Å². The van der Waals surface area contributed by atoms with Gasteiger partial charge in [0.15, 0.2) is 0 Å². The minimum Gasteiger partial charge on any atom is -0.396 e. The van der Waals surface area contributed by atoms with Crippen LogP contribution < -0.4 is 4.90 Å². The summed E-state index contributed by atoms with van der Waals surface area (Å²) in [7, 11) is 0. The van der Waals surface area contributed by atoms with E-state index >= 15 is 0 Å². The van der Waals surface area contributed by atoms with E-state index in [1.807, 2.05) is 25.1 Å². The van der Waals surface area contributed by atoms with Crippen molar-refractivity contribution in [1.29, 1.82) is 5.26 Å². The van der Waals surface area contributed by atoms with E-state index in [2.05, 4.69) is 24.8 Å². The summed E-state index contributed by atoms with van der Waals surface area (Å²) in [5.74, 6) is 0. The Kier molecular flexibility index (Phi) is 4.99. The van der Waals surface area contributed by atoms with Crippen LogP contribution >= 0.6 is 0 Å². The first-order valence-electron chi connectivity index (χ1n) is 5.98. The Morgan fingerprint density at radius 2 is 2.12 bits per heavy atom. The van der Waals surface area contributed by atoms with Gasteiger partial charge >= 0.3 is 0 Å². The van der Waals surface area contributed by atoms with Gasteiger partial charge in [-0.3, -0.25) is 0 Å². The molecule has 1 aromatic rings. The van der Waals surface area contributed by atoms with Gasteiger partial charge in [-0.15, -0.1) is 0 Å². The molecule has 0 unspecified atom stereocenters. The Hall–Kier alpha value is -1.53. The Labute approximate surface area is 103 Å². The molecule has 0 saturated heterocycles. The lowest BCUT2D eigenvalue weighted by Gasteiger charge is -2.30. The van der Waals surface area contributed by atoms with E-state index in [9.17, 15) is 0 Å². The zero-order valence-electron chi connectivity index (χ0n) is 10.8. The molecule has 0 aromatic heterocycles. The molecule has 0 amide bonds. The van der Waals surface area contributed by atoms with Gasteiger partial charge in [0, 0.05) is 24.9 Å². The second-order valence-electron chi connectivity index (χ2n) is 4.48. The molecule has 0 heterocycles. The zero-order valence-corrected chi connectivity index (χ0v) is 10.8. The van der Waals surface area contributed by atoms with Crippen molar-refractivity contribution in [2.75, 3.05) is 18.1 Å². The molecule has 0 fully saturated rings. The summed E-state index contributed by atoms with van der Waals surface area (Å²) in [5.41, 5.74) is 2.94. The molecule has 0 saturated carbocycles. The quantitative estimate of drug-likeness (QED) is 0.848. The predicted octanol–water partition coefficient (Wildman–Crippen LogP) is 2.46. The van der Waals surface area contributed by atoms with Crippen molar-refractivity contribution in [2.45, 2.75) is 33.2 Å². The van der Waals surface area contributed by atoms with Crippen LogP contribution in [0.25, 0.3) is 0 Å². The Morgan fingerprint density at radius 3 is 2.59 bits per heavy atom. The molecule has 1 N–H and O–H groups in total. The van der Waals surface area contributed by atoms with Crippen molar-refractivity contribution in [2.24, 2.45) is 0 Å². The summed E-state index contributed by atoms with van der Waals surface area (Å²) in [6, 6.07) is 8.27. The van der Waals surface area contributed by atoms with Crippen LogP contribution in [0.2, 0.25) is 0 Å². The van der Waals surface area contributed by atoms with E-state index in [-0.39, 0.29) is 6.61 Å². The highest BCUT2D eigenvalue weighted by Crippen LogP contribution is 2.23. The van der Waals surface area contributed by atoms with Gasteiger partial charge in [0.05, 0.1) is 11.6 Å². The summed E-state index contributed by atoms with van der Waals surface area (Å²) in [4.78, 5) is 2.26. The molecule has 0 aliphatic rings. The summed E-state index contributed by atoms with van der Waals surface area (Å²) in [6.07, 6.45) is 0.762. The number of nitrogens with zero attached hydrogens (tertiary/aromatic N) is 2. The van der Waals surface area contributed by atoms with Crippen LogP contribution in [0.1, 0.15) is 31.4 Å². The molecular formula is C14H20N2O. The summed E-state index contributed by atoms with van der Waals surface area (Å²) in [5, 5.41) is 17.8. The summed E-state index contributed by atoms with van der Waals surface area (Å²) < 4.78 is 0. The van der Waals surface area contributed by atoms with E-state index in [4.69, 9.17) is 10.4 Å². The minimum absolute atomic E-state index is 0.207. The Bertz CT molecular complexity index is 407. The summed E-state index contributed by atoms with van der Waals surface area (Å²) >= 11 is 0. The lowest BCUT2D eigenvalue weighted by atomic mass is 10.1. The zero-order chi connectivity index (χ0) is 12.8. The average molecular weight is 232 g/mol. The van der Waals surface area contributed by atoms with E-state index < -0.39 is 0 Å². The highest BCUT2D eigenvalue weighted by molar-refractivity contribution is 5.56. The number of aryl methyl sites for hydroxylation is 1. The molecule has 0 aliphatic heterocycles. The molecule has 1 aromatic carbocycles. The molecule has 1 rings (SSSR count).